The number of fused-ring (bicyclic) bond motifs is 2. The average molecular weight is 389 g/mol. The first-order chi connectivity index (χ1) is 14.0. The zero-order valence-corrected chi connectivity index (χ0v) is 16.2. The number of nitrogens with zero attached hydrogens (tertiary/aromatic N) is 6. The third-order valence-corrected chi connectivity index (χ3v) is 5.19. The van der Waals surface area contributed by atoms with Crippen LogP contribution in [0.3, 0.4) is 0 Å². The lowest BCUT2D eigenvalue weighted by Gasteiger charge is -2.10. The van der Waals surface area contributed by atoms with Crippen molar-refractivity contribution < 1.29 is 4.39 Å². The summed E-state index contributed by atoms with van der Waals surface area (Å²) < 4.78 is 15.8. The van der Waals surface area contributed by atoms with Crippen molar-refractivity contribution in [3.63, 3.8) is 0 Å². The molecule has 0 aliphatic carbocycles. The molecule has 0 spiro atoms. The Labute approximate surface area is 167 Å². The highest BCUT2D eigenvalue weighted by molar-refractivity contribution is 5.85. The van der Waals surface area contributed by atoms with Crippen molar-refractivity contribution in [3.05, 3.63) is 65.0 Å². The maximum atomic E-state index is 13.8. The molecule has 1 aliphatic heterocycles. The number of aromatic nitrogens is 5. The molecule has 4 heterocycles. The minimum atomic E-state index is -0.420. The number of pyridine rings is 1. The van der Waals surface area contributed by atoms with E-state index in [9.17, 15) is 4.39 Å². The maximum Gasteiger partial charge on any atom is 0.166 e. The molecule has 3 aromatic heterocycles. The summed E-state index contributed by atoms with van der Waals surface area (Å²) in [6.07, 6.45) is 2.76. The number of nitrogens with two attached hydrogens (primary N) is 1. The summed E-state index contributed by atoms with van der Waals surface area (Å²) in [6.45, 7) is 4.23. The van der Waals surface area contributed by atoms with Gasteiger partial charge < -0.3 is 10.3 Å². The molecule has 1 aromatic carbocycles. The number of halogens is 1. The summed E-state index contributed by atoms with van der Waals surface area (Å²) in [5.74, 6) is 1.02. The van der Waals surface area contributed by atoms with Crippen LogP contribution >= 0.6 is 0 Å². The van der Waals surface area contributed by atoms with Crippen molar-refractivity contribution in [2.75, 3.05) is 12.8 Å². The van der Waals surface area contributed by atoms with E-state index < -0.39 is 5.82 Å². The first-order valence-electron chi connectivity index (χ1n) is 9.38. The molecule has 2 N–H and O–H groups in total. The largest absolute Gasteiger partial charge is 0.382 e. The smallest absolute Gasteiger partial charge is 0.166 e. The number of anilines is 1. The Morgan fingerprint density at radius 2 is 1.90 bits per heavy atom. The van der Waals surface area contributed by atoms with Gasteiger partial charge in [-0.3, -0.25) is 9.88 Å². The number of aryl methyl sites for hydroxylation is 1. The highest BCUT2D eigenvalue weighted by Crippen LogP contribution is 2.29. The van der Waals surface area contributed by atoms with Crippen LogP contribution < -0.4 is 5.73 Å². The number of benzene rings is 1. The quantitative estimate of drug-likeness (QED) is 0.580. The topological polar surface area (TPSA) is 85.8 Å². The third kappa shape index (κ3) is 3.11. The molecule has 5 rings (SSSR count). The maximum absolute atomic E-state index is 13.8. The number of nitrogen functional groups attached to an aromatic ring is 1. The highest BCUT2D eigenvalue weighted by Gasteiger charge is 2.20. The van der Waals surface area contributed by atoms with E-state index in [2.05, 4.69) is 50.1 Å². The molecule has 29 heavy (non-hydrogen) atoms. The van der Waals surface area contributed by atoms with E-state index >= 15 is 0 Å². The van der Waals surface area contributed by atoms with E-state index in [4.69, 9.17) is 5.73 Å². The molecule has 0 radical (unpaired) electrons. The Balaban J connectivity index is 1.67. The zero-order valence-electron chi connectivity index (χ0n) is 16.2. The van der Waals surface area contributed by atoms with Crippen molar-refractivity contribution in [2.45, 2.75) is 26.6 Å². The second kappa shape index (κ2) is 6.59. The fraction of sp³-hybridized carbons (Fsp3) is 0.238. The zero-order chi connectivity index (χ0) is 20.1. The SMILES string of the molecule is Cc1nc(N)c2nc(-c3cncc(F)c3)n(Cc3ccc4c(c3)CN(C)C4)c2n1. The van der Waals surface area contributed by atoms with Gasteiger partial charge in [-0.1, -0.05) is 18.2 Å². The van der Waals surface area contributed by atoms with Gasteiger partial charge in [0.15, 0.2) is 17.0 Å². The second-order valence-electron chi connectivity index (χ2n) is 7.52. The van der Waals surface area contributed by atoms with Crippen molar-refractivity contribution >= 4 is 17.0 Å². The summed E-state index contributed by atoms with van der Waals surface area (Å²) in [5.41, 5.74) is 11.6. The Kier molecular flexibility index (Phi) is 4.02. The molecule has 146 valence electrons. The lowest BCUT2D eigenvalue weighted by molar-refractivity contribution is 0.353. The molecule has 0 unspecified atom stereocenters. The molecule has 8 heteroatoms. The first kappa shape index (κ1) is 17.7. The predicted octanol–water partition coefficient (Wildman–Crippen LogP) is 2.91. The van der Waals surface area contributed by atoms with Gasteiger partial charge in [0.1, 0.15) is 17.5 Å². The lowest BCUT2D eigenvalue weighted by Crippen LogP contribution is -2.07. The number of hydrogen-bond donors (Lipinski definition) is 1. The Morgan fingerprint density at radius 1 is 1.07 bits per heavy atom. The Morgan fingerprint density at radius 3 is 2.72 bits per heavy atom. The monoisotopic (exact) mass is 389 g/mol. The minimum absolute atomic E-state index is 0.312. The number of imidazole rings is 1. The molecule has 0 bridgehead atoms. The normalized spacial score (nSPS) is 13.9. The fourth-order valence-corrected chi connectivity index (χ4v) is 3.94. The van der Waals surface area contributed by atoms with E-state index in [1.807, 2.05) is 4.57 Å². The van der Waals surface area contributed by atoms with Gasteiger partial charge in [-0.25, -0.2) is 19.3 Å². The van der Waals surface area contributed by atoms with Crippen molar-refractivity contribution in [2.24, 2.45) is 0 Å². The van der Waals surface area contributed by atoms with E-state index in [-0.39, 0.29) is 0 Å². The van der Waals surface area contributed by atoms with Crippen LogP contribution in [0.2, 0.25) is 0 Å². The van der Waals surface area contributed by atoms with Crippen LogP contribution in [-0.4, -0.2) is 36.5 Å². The van der Waals surface area contributed by atoms with Crippen LogP contribution in [0.5, 0.6) is 0 Å². The van der Waals surface area contributed by atoms with E-state index in [1.165, 1.54) is 23.4 Å². The predicted molar refractivity (Wildman–Crippen MR) is 108 cm³/mol. The summed E-state index contributed by atoms with van der Waals surface area (Å²) in [7, 11) is 2.11. The first-order valence-corrected chi connectivity index (χ1v) is 9.38. The van der Waals surface area contributed by atoms with Crippen LogP contribution in [0.25, 0.3) is 22.6 Å². The van der Waals surface area contributed by atoms with Gasteiger partial charge in [0.2, 0.25) is 0 Å². The minimum Gasteiger partial charge on any atom is -0.382 e. The molecule has 0 fully saturated rings. The van der Waals surface area contributed by atoms with Crippen LogP contribution in [0.1, 0.15) is 22.5 Å². The highest BCUT2D eigenvalue weighted by atomic mass is 19.1. The van der Waals surface area contributed by atoms with Crippen molar-refractivity contribution in [1.29, 1.82) is 0 Å². The van der Waals surface area contributed by atoms with Gasteiger partial charge in [-0.05, 0) is 36.7 Å². The van der Waals surface area contributed by atoms with Gasteiger partial charge in [0, 0.05) is 24.8 Å². The van der Waals surface area contributed by atoms with Crippen molar-refractivity contribution in [3.8, 4) is 11.4 Å². The molecule has 0 saturated heterocycles. The molecule has 0 atom stereocenters. The molecule has 7 nitrogen and oxygen atoms in total. The van der Waals surface area contributed by atoms with E-state index in [1.54, 1.807) is 13.1 Å². The van der Waals surface area contributed by atoms with Crippen LogP contribution in [-0.2, 0) is 19.6 Å². The Bertz CT molecular complexity index is 1250. The molecule has 0 saturated carbocycles. The van der Waals surface area contributed by atoms with Crippen LogP contribution in [0.15, 0.2) is 36.7 Å². The van der Waals surface area contributed by atoms with Gasteiger partial charge in [0.05, 0.1) is 12.7 Å². The summed E-state index contributed by atoms with van der Waals surface area (Å²) >= 11 is 0. The second-order valence-corrected chi connectivity index (χ2v) is 7.52. The third-order valence-electron chi connectivity index (χ3n) is 5.19. The Hall–Kier alpha value is -3.39. The average Bonchev–Trinajstić information content (AvgIpc) is 3.21. The standard InChI is InChI=1S/C21H20FN7/c1-12-25-19(23)18-21(26-12)29(20(27-18)15-6-17(22)8-24-7-15)9-13-3-4-14-10-28(2)11-16(14)5-13/h3-8H,9-11H2,1-2H3,(H2,23,25,26). The summed E-state index contributed by atoms with van der Waals surface area (Å²) in [5, 5.41) is 0. The van der Waals surface area contributed by atoms with E-state index in [0.29, 0.717) is 40.7 Å². The van der Waals surface area contributed by atoms with E-state index in [0.717, 1.165) is 18.7 Å². The summed E-state index contributed by atoms with van der Waals surface area (Å²) in [4.78, 5) is 19.7. The van der Waals surface area contributed by atoms with Gasteiger partial charge in [0.25, 0.3) is 0 Å². The summed E-state index contributed by atoms with van der Waals surface area (Å²) in [6, 6.07) is 7.93. The van der Waals surface area contributed by atoms with Crippen molar-refractivity contribution in [1.82, 2.24) is 29.4 Å². The van der Waals surface area contributed by atoms with Crippen LogP contribution in [0, 0.1) is 12.7 Å². The number of rotatable bonds is 3. The molecule has 1 aliphatic rings. The van der Waals surface area contributed by atoms with Crippen LogP contribution in [0.4, 0.5) is 10.2 Å². The number of hydrogen-bond acceptors (Lipinski definition) is 6. The molecular weight excluding hydrogens is 369 g/mol. The lowest BCUT2D eigenvalue weighted by atomic mass is 10.1. The molecule has 4 aromatic rings. The molecule has 0 amide bonds. The fourth-order valence-electron chi connectivity index (χ4n) is 3.94. The van der Waals surface area contributed by atoms with Gasteiger partial charge in [-0.2, -0.15) is 0 Å². The van der Waals surface area contributed by atoms with Gasteiger partial charge >= 0.3 is 0 Å². The van der Waals surface area contributed by atoms with Gasteiger partial charge in [-0.15, -0.1) is 0 Å². The molecular formula is C21H20FN7.